The summed E-state index contributed by atoms with van der Waals surface area (Å²) >= 11 is 0. The van der Waals surface area contributed by atoms with Crippen molar-refractivity contribution >= 4 is 17.6 Å². The van der Waals surface area contributed by atoms with Gasteiger partial charge in [0.15, 0.2) is 6.10 Å². The monoisotopic (exact) mass is 331 g/mol. The Balaban J connectivity index is 1.92. The van der Waals surface area contributed by atoms with Crippen molar-refractivity contribution in [3.05, 3.63) is 62.9 Å². The molecule has 0 saturated carbocycles. The molecule has 0 spiro atoms. The maximum Gasteiger partial charge on any atom is 0.328 e. The minimum Gasteiger partial charge on any atom is -0.451 e. The lowest BCUT2D eigenvalue weighted by Crippen LogP contribution is -2.34. The largest absolute Gasteiger partial charge is 0.451 e. The summed E-state index contributed by atoms with van der Waals surface area (Å²) in [6.07, 6.45) is 0.150. The maximum absolute atomic E-state index is 12.0. The van der Waals surface area contributed by atoms with Crippen LogP contribution in [-0.4, -0.2) is 27.5 Å². The van der Waals surface area contributed by atoms with Gasteiger partial charge in [0, 0.05) is 18.0 Å². The fourth-order valence-electron chi connectivity index (χ4n) is 1.88. The second kappa shape index (κ2) is 7.40. The van der Waals surface area contributed by atoms with Crippen LogP contribution in [0.15, 0.2) is 46.1 Å². The highest BCUT2D eigenvalue weighted by molar-refractivity contribution is 5.95. The van der Waals surface area contributed by atoms with Gasteiger partial charge >= 0.3 is 11.7 Å². The van der Waals surface area contributed by atoms with Crippen molar-refractivity contribution < 1.29 is 14.3 Å². The first-order chi connectivity index (χ1) is 11.3. The van der Waals surface area contributed by atoms with Crippen molar-refractivity contribution in [1.82, 2.24) is 9.55 Å². The molecule has 8 nitrogen and oxygen atoms in total. The van der Waals surface area contributed by atoms with E-state index >= 15 is 0 Å². The van der Waals surface area contributed by atoms with E-state index in [-0.39, 0.29) is 0 Å². The van der Waals surface area contributed by atoms with Gasteiger partial charge in [0.25, 0.3) is 11.5 Å². The summed E-state index contributed by atoms with van der Waals surface area (Å²) in [7, 11) is 0. The third kappa shape index (κ3) is 4.67. The lowest BCUT2D eigenvalue weighted by atomic mass is 10.2. The summed E-state index contributed by atoms with van der Waals surface area (Å²) in [6.45, 7) is 2.95. The molecular formula is C16H17N3O5. The summed E-state index contributed by atoms with van der Waals surface area (Å²) in [6, 6.07) is 8.27. The molecular weight excluding hydrogens is 314 g/mol. The summed E-state index contributed by atoms with van der Waals surface area (Å²) in [4.78, 5) is 48.3. The first-order valence-electron chi connectivity index (χ1n) is 7.22. The van der Waals surface area contributed by atoms with Gasteiger partial charge in [-0.3, -0.25) is 23.9 Å². The van der Waals surface area contributed by atoms with Crippen LogP contribution in [0.25, 0.3) is 0 Å². The molecule has 2 aromatic rings. The number of aryl methyl sites for hydroxylation is 1. The van der Waals surface area contributed by atoms with Gasteiger partial charge in [0.05, 0.1) is 0 Å². The average molecular weight is 331 g/mol. The molecule has 1 amide bonds. The molecule has 0 aliphatic rings. The fraction of sp³-hybridized carbons (Fsp3) is 0.250. The number of amides is 1. The highest BCUT2D eigenvalue weighted by Gasteiger charge is 2.18. The van der Waals surface area contributed by atoms with E-state index in [0.717, 1.165) is 16.2 Å². The van der Waals surface area contributed by atoms with E-state index < -0.39 is 35.8 Å². The van der Waals surface area contributed by atoms with Gasteiger partial charge in [-0.1, -0.05) is 17.7 Å². The molecule has 0 fully saturated rings. The zero-order chi connectivity index (χ0) is 17.7. The number of aromatic nitrogens is 2. The van der Waals surface area contributed by atoms with Crippen LogP contribution in [0, 0.1) is 6.92 Å². The molecule has 1 atom stereocenters. The predicted octanol–water partition coefficient (Wildman–Crippen LogP) is 0.415. The van der Waals surface area contributed by atoms with Crippen molar-refractivity contribution in [1.29, 1.82) is 0 Å². The van der Waals surface area contributed by atoms with Crippen LogP contribution in [0.5, 0.6) is 0 Å². The Bertz CT molecular complexity index is 851. The number of nitrogens with one attached hydrogen (secondary N) is 2. The van der Waals surface area contributed by atoms with E-state index in [0.29, 0.717) is 5.69 Å². The van der Waals surface area contributed by atoms with Crippen LogP contribution in [0.4, 0.5) is 5.69 Å². The van der Waals surface area contributed by atoms with E-state index in [4.69, 9.17) is 4.74 Å². The van der Waals surface area contributed by atoms with E-state index in [9.17, 15) is 19.2 Å². The first kappa shape index (κ1) is 17.2. The molecule has 1 aromatic heterocycles. The predicted molar refractivity (Wildman–Crippen MR) is 86.7 cm³/mol. The number of aromatic amines is 1. The van der Waals surface area contributed by atoms with Crippen molar-refractivity contribution in [3.63, 3.8) is 0 Å². The van der Waals surface area contributed by atoms with Crippen LogP contribution in [-0.2, 0) is 20.9 Å². The van der Waals surface area contributed by atoms with Gasteiger partial charge in [-0.05, 0) is 26.0 Å². The summed E-state index contributed by atoms with van der Waals surface area (Å²) in [5.41, 5.74) is 0.357. The number of nitrogens with zero attached hydrogens (tertiary/aromatic N) is 1. The molecule has 0 saturated heterocycles. The van der Waals surface area contributed by atoms with Gasteiger partial charge in [-0.2, -0.15) is 0 Å². The Kier molecular flexibility index (Phi) is 5.31. The second-order valence-electron chi connectivity index (χ2n) is 5.23. The van der Waals surface area contributed by atoms with Crippen molar-refractivity contribution in [2.24, 2.45) is 0 Å². The molecule has 8 heteroatoms. The zero-order valence-corrected chi connectivity index (χ0v) is 13.2. The summed E-state index contributed by atoms with van der Waals surface area (Å²) in [5, 5.41) is 2.62. The summed E-state index contributed by atoms with van der Waals surface area (Å²) < 4.78 is 5.98. The van der Waals surface area contributed by atoms with Crippen LogP contribution in [0.3, 0.4) is 0 Å². The first-order valence-corrected chi connectivity index (χ1v) is 7.22. The zero-order valence-electron chi connectivity index (χ0n) is 13.2. The quantitative estimate of drug-likeness (QED) is 0.771. The topological polar surface area (TPSA) is 110 Å². The van der Waals surface area contributed by atoms with E-state index in [2.05, 4.69) is 5.32 Å². The molecule has 2 rings (SSSR count). The van der Waals surface area contributed by atoms with Crippen molar-refractivity contribution in [2.75, 3.05) is 5.32 Å². The number of carbonyl (C=O) groups is 2. The normalized spacial score (nSPS) is 11.6. The minimum absolute atomic E-state index is 0.405. The van der Waals surface area contributed by atoms with Gasteiger partial charge in [0.1, 0.15) is 6.54 Å². The van der Waals surface area contributed by atoms with E-state index in [1.165, 1.54) is 13.1 Å². The molecule has 0 aliphatic heterocycles. The number of H-pyrrole nitrogens is 1. The average Bonchev–Trinajstić information content (AvgIpc) is 2.52. The van der Waals surface area contributed by atoms with Gasteiger partial charge < -0.3 is 10.1 Å². The molecule has 0 bridgehead atoms. The number of rotatable bonds is 5. The van der Waals surface area contributed by atoms with Gasteiger partial charge in [-0.15, -0.1) is 0 Å². The number of esters is 1. The summed E-state index contributed by atoms with van der Waals surface area (Å²) in [5.74, 6) is -1.25. The number of hydrogen-bond donors (Lipinski definition) is 2. The molecule has 2 N–H and O–H groups in total. The molecule has 1 heterocycles. The van der Waals surface area contributed by atoms with Crippen LogP contribution in [0.1, 0.15) is 12.5 Å². The van der Waals surface area contributed by atoms with Crippen LogP contribution < -0.4 is 16.6 Å². The Morgan fingerprint density at radius 2 is 1.88 bits per heavy atom. The van der Waals surface area contributed by atoms with Crippen molar-refractivity contribution in [2.45, 2.75) is 26.5 Å². The van der Waals surface area contributed by atoms with Crippen LogP contribution >= 0.6 is 0 Å². The number of carbonyl (C=O) groups excluding carboxylic acids is 2. The fourth-order valence-corrected chi connectivity index (χ4v) is 1.88. The molecule has 126 valence electrons. The number of benzene rings is 1. The Hall–Kier alpha value is -3.16. The van der Waals surface area contributed by atoms with Crippen molar-refractivity contribution in [3.8, 4) is 0 Å². The number of anilines is 1. The lowest BCUT2D eigenvalue weighted by molar-refractivity contribution is -0.153. The van der Waals surface area contributed by atoms with Crippen LogP contribution in [0.2, 0.25) is 0 Å². The highest BCUT2D eigenvalue weighted by atomic mass is 16.5. The third-order valence-corrected chi connectivity index (χ3v) is 3.19. The molecule has 0 radical (unpaired) electrons. The Morgan fingerprint density at radius 3 is 2.50 bits per heavy atom. The molecule has 24 heavy (non-hydrogen) atoms. The Morgan fingerprint density at radius 1 is 1.21 bits per heavy atom. The standard InChI is InChI=1S/C16H17N3O5/c1-10-3-5-12(6-4-10)17-15(22)11(2)24-14(21)9-19-8-7-13(20)18-16(19)23/h3-8,11H,9H2,1-2H3,(H,17,22)(H,18,20,23)/t11-/m0/s1. The van der Waals surface area contributed by atoms with E-state index in [1.807, 2.05) is 24.0 Å². The SMILES string of the molecule is Cc1ccc(NC(=O)[C@H](C)OC(=O)Cn2ccc(=O)[nH]c2=O)cc1. The molecule has 1 aromatic carbocycles. The van der Waals surface area contributed by atoms with Gasteiger partial charge in [-0.25, -0.2) is 4.79 Å². The number of ether oxygens (including phenoxy) is 1. The number of hydrogen-bond acceptors (Lipinski definition) is 5. The minimum atomic E-state index is -1.03. The molecule has 0 unspecified atom stereocenters. The lowest BCUT2D eigenvalue weighted by Gasteiger charge is -2.14. The van der Waals surface area contributed by atoms with Gasteiger partial charge in [0.2, 0.25) is 0 Å². The maximum atomic E-state index is 12.0. The third-order valence-electron chi connectivity index (χ3n) is 3.19. The molecule has 0 aliphatic carbocycles. The smallest absolute Gasteiger partial charge is 0.328 e. The highest BCUT2D eigenvalue weighted by Crippen LogP contribution is 2.09. The second-order valence-corrected chi connectivity index (χ2v) is 5.23. The Labute approximate surface area is 137 Å². The van der Waals surface area contributed by atoms with E-state index in [1.54, 1.807) is 12.1 Å².